The zero-order valence-electron chi connectivity index (χ0n) is 23.4. The van der Waals surface area contributed by atoms with Crippen LogP contribution in [0, 0.1) is 0 Å². The maximum Gasteiger partial charge on any atom is 0.172 e. The van der Waals surface area contributed by atoms with Crippen LogP contribution < -0.4 is 0 Å². The standard InChI is InChI=1S/C33H45NO3/c1-6-32(7-2)26-33(35-23-28-17-11-8-12-18-28,36-24-29-19-13-9-14-20-29)25-31(4,5)34(32)37-27(3)30-21-15-10-16-22-30/h8-13,15-19,21-22,27H,6-7,14,20,23-26H2,1-5H3. The second-order valence-corrected chi connectivity index (χ2v) is 11.3. The molecular weight excluding hydrogens is 458 g/mol. The van der Waals surface area contributed by atoms with E-state index in [1.54, 1.807) is 0 Å². The van der Waals surface area contributed by atoms with Crippen LogP contribution in [0.15, 0.2) is 84.5 Å². The summed E-state index contributed by atoms with van der Waals surface area (Å²) in [5.74, 6) is -0.705. The molecule has 4 heteroatoms. The van der Waals surface area contributed by atoms with Gasteiger partial charge >= 0.3 is 0 Å². The van der Waals surface area contributed by atoms with E-state index in [1.807, 2.05) is 6.07 Å². The Bertz CT molecular complexity index is 1040. The van der Waals surface area contributed by atoms with E-state index in [0.717, 1.165) is 44.1 Å². The van der Waals surface area contributed by atoms with E-state index in [2.05, 4.69) is 113 Å². The van der Waals surface area contributed by atoms with Crippen LogP contribution in [0.1, 0.15) is 90.4 Å². The number of hydroxylamine groups is 2. The first-order valence-electron chi connectivity index (χ1n) is 14.0. The van der Waals surface area contributed by atoms with Crippen molar-refractivity contribution in [3.63, 3.8) is 0 Å². The molecular formula is C33H45NO3. The molecule has 4 nitrogen and oxygen atoms in total. The van der Waals surface area contributed by atoms with E-state index in [4.69, 9.17) is 14.3 Å². The number of hydrogen-bond acceptors (Lipinski definition) is 4. The van der Waals surface area contributed by atoms with Gasteiger partial charge in [0.25, 0.3) is 0 Å². The average Bonchev–Trinajstić information content (AvgIpc) is 2.93. The third-order valence-electron chi connectivity index (χ3n) is 8.10. The summed E-state index contributed by atoms with van der Waals surface area (Å²) in [5.41, 5.74) is 3.16. The molecule has 0 radical (unpaired) electrons. The minimum absolute atomic E-state index is 0.0456. The number of piperidine rings is 1. The lowest BCUT2D eigenvalue weighted by Crippen LogP contribution is -2.68. The maximum atomic E-state index is 6.86. The molecule has 37 heavy (non-hydrogen) atoms. The fourth-order valence-electron chi connectivity index (χ4n) is 6.03. The molecule has 1 fully saturated rings. The van der Waals surface area contributed by atoms with Crippen molar-refractivity contribution < 1.29 is 14.3 Å². The molecule has 1 aliphatic carbocycles. The van der Waals surface area contributed by atoms with Crippen molar-refractivity contribution in [3.05, 3.63) is 95.6 Å². The minimum Gasteiger partial charge on any atom is -0.345 e. The molecule has 0 spiro atoms. The highest BCUT2D eigenvalue weighted by Crippen LogP contribution is 2.50. The third-order valence-corrected chi connectivity index (χ3v) is 8.10. The summed E-state index contributed by atoms with van der Waals surface area (Å²) in [6.45, 7) is 12.4. The highest BCUT2D eigenvalue weighted by Gasteiger charge is 2.57. The van der Waals surface area contributed by atoms with Crippen molar-refractivity contribution in [1.29, 1.82) is 0 Å². The molecule has 2 unspecified atom stereocenters. The van der Waals surface area contributed by atoms with Crippen LogP contribution in [-0.2, 0) is 20.9 Å². The van der Waals surface area contributed by atoms with Gasteiger partial charge in [-0.15, -0.1) is 0 Å². The van der Waals surface area contributed by atoms with Crippen molar-refractivity contribution in [2.45, 2.75) is 103 Å². The van der Waals surface area contributed by atoms with E-state index < -0.39 is 5.79 Å². The summed E-state index contributed by atoms with van der Waals surface area (Å²) >= 11 is 0. The van der Waals surface area contributed by atoms with Crippen molar-refractivity contribution in [2.75, 3.05) is 6.61 Å². The first kappa shape index (κ1) is 27.8. The lowest BCUT2D eigenvalue weighted by molar-refractivity contribution is -0.376. The molecule has 1 saturated heterocycles. The average molecular weight is 504 g/mol. The lowest BCUT2D eigenvalue weighted by atomic mass is 9.73. The lowest BCUT2D eigenvalue weighted by Gasteiger charge is -2.60. The molecule has 2 aromatic carbocycles. The minimum atomic E-state index is -0.705. The van der Waals surface area contributed by atoms with Crippen LogP contribution in [0.25, 0.3) is 0 Å². The van der Waals surface area contributed by atoms with Crippen LogP contribution in [-0.4, -0.2) is 28.5 Å². The molecule has 2 aromatic rings. The fraction of sp³-hybridized carbons (Fsp3) is 0.515. The Balaban J connectivity index is 1.63. The number of nitrogens with zero attached hydrogens (tertiary/aromatic N) is 1. The Morgan fingerprint density at radius 2 is 1.51 bits per heavy atom. The number of rotatable bonds is 11. The van der Waals surface area contributed by atoms with Crippen LogP contribution in [0.4, 0.5) is 0 Å². The molecule has 200 valence electrons. The van der Waals surface area contributed by atoms with Crippen molar-refractivity contribution >= 4 is 0 Å². The van der Waals surface area contributed by atoms with Crippen LogP contribution in [0.2, 0.25) is 0 Å². The summed E-state index contributed by atoms with van der Waals surface area (Å²) < 4.78 is 13.7. The van der Waals surface area contributed by atoms with Gasteiger partial charge in [-0.3, -0.25) is 4.84 Å². The van der Waals surface area contributed by atoms with Crippen LogP contribution in [0.3, 0.4) is 0 Å². The monoisotopic (exact) mass is 503 g/mol. The Hall–Kier alpha value is -2.24. The number of allylic oxidation sites excluding steroid dienone is 3. The van der Waals surface area contributed by atoms with E-state index in [-0.39, 0.29) is 17.2 Å². The molecule has 0 bridgehead atoms. The van der Waals surface area contributed by atoms with Gasteiger partial charge in [-0.25, -0.2) is 0 Å². The second-order valence-electron chi connectivity index (χ2n) is 11.3. The van der Waals surface area contributed by atoms with Crippen molar-refractivity contribution in [3.8, 4) is 0 Å². The second kappa shape index (κ2) is 12.1. The van der Waals surface area contributed by atoms with Gasteiger partial charge < -0.3 is 9.47 Å². The molecule has 1 heterocycles. The molecule has 0 amide bonds. The summed E-state index contributed by atoms with van der Waals surface area (Å²) in [7, 11) is 0. The normalized spacial score (nSPS) is 24.0. The molecule has 0 N–H and O–H groups in total. The van der Waals surface area contributed by atoms with E-state index >= 15 is 0 Å². The topological polar surface area (TPSA) is 30.9 Å². The third kappa shape index (κ3) is 6.61. The van der Waals surface area contributed by atoms with Crippen molar-refractivity contribution in [2.24, 2.45) is 0 Å². The van der Waals surface area contributed by atoms with E-state index in [0.29, 0.717) is 13.2 Å². The summed E-state index contributed by atoms with van der Waals surface area (Å²) in [4.78, 5) is 6.84. The summed E-state index contributed by atoms with van der Waals surface area (Å²) in [5, 5.41) is 2.30. The Morgan fingerprint density at radius 1 is 0.865 bits per heavy atom. The SMILES string of the molecule is CCC1(CC)CC(OCC2=CC=CCC2)(OCc2ccccc2)CC(C)(C)N1OC(C)c1ccccc1. The molecule has 0 aromatic heterocycles. The Kier molecular flexibility index (Phi) is 9.07. The fourth-order valence-corrected chi connectivity index (χ4v) is 6.03. The maximum absolute atomic E-state index is 6.86. The molecule has 4 rings (SSSR count). The molecule has 2 aliphatic rings. The first-order valence-corrected chi connectivity index (χ1v) is 14.0. The Labute approximate surface area is 224 Å². The van der Waals surface area contributed by atoms with Gasteiger partial charge in [0.15, 0.2) is 5.79 Å². The van der Waals surface area contributed by atoms with Gasteiger partial charge in [0, 0.05) is 18.4 Å². The Morgan fingerprint density at radius 3 is 2.14 bits per heavy atom. The summed E-state index contributed by atoms with van der Waals surface area (Å²) in [6, 6.07) is 20.9. The summed E-state index contributed by atoms with van der Waals surface area (Å²) in [6.07, 6.45) is 12.0. The molecule has 0 saturated carbocycles. The highest BCUT2D eigenvalue weighted by atomic mass is 16.7. The molecule has 2 atom stereocenters. The number of benzene rings is 2. The van der Waals surface area contributed by atoms with Gasteiger partial charge in [0.05, 0.1) is 18.8 Å². The predicted molar refractivity (Wildman–Crippen MR) is 151 cm³/mol. The van der Waals surface area contributed by atoms with E-state index in [1.165, 1.54) is 11.1 Å². The smallest absolute Gasteiger partial charge is 0.172 e. The van der Waals surface area contributed by atoms with Gasteiger partial charge in [-0.05, 0) is 63.2 Å². The largest absolute Gasteiger partial charge is 0.345 e. The molecule has 1 aliphatic heterocycles. The number of hydrogen-bond donors (Lipinski definition) is 0. The predicted octanol–water partition coefficient (Wildman–Crippen LogP) is 8.32. The first-order chi connectivity index (χ1) is 17.8. The van der Waals surface area contributed by atoms with Gasteiger partial charge in [0.1, 0.15) is 6.10 Å². The van der Waals surface area contributed by atoms with Gasteiger partial charge in [-0.1, -0.05) is 92.7 Å². The van der Waals surface area contributed by atoms with Gasteiger partial charge in [0.2, 0.25) is 0 Å². The zero-order chi connectivity index (χ0) is 26.4. The van der Waals surface area contributed by atoms with Crippen LogP contribution >= 0.6 is 0 Å². The zero-order valence-corrected chi connectivity index (χ0v) is 23.4. The highest BCUT2D eigenvalue weighted by molar-refractivity contribution is 5.19. The van der Waals surface area contributed by atoms with E-state index in [9.17, 15) is 0 Å². The number of ether oxygens (including phenoxy) is 2. The van der Waals surface area contributed by atoms with Crippen LogP contribution in [0.5, 0.6) is 0 Å². The van der Waals surface area contributed by atoms with Gasteiger partial charge in [-0.2, -0.15) is 5.06 Å². The quantitative estimate of drug-likeness (QED) is 0.289. The van der Waals surface area contributed by atoms with Crippen molar-refractivity contribution in [1.82, 2.24) is 5.06 Å².